The van der Waals surface area contributed by atoms with Gasteiger partial charge in [-0.1, -0.05) is 6.92 Å². The van der Waals surface area contributed by atoms with E-state index in [-0.39, 0.29) is 11.3 Å². The Hall–Kier alpha value is -2.50. The number of rotatable bonds is 4. The van der Waals surface area contributed by atoms with Gasteiger partial charge in [0.1, 0.15) is 5.75 Å². The van der Waals surface area contributed by atoms with Crippen LogP contribution in [0, 0.1) is 0 Å². The molecule has 0 fully saturated rings. The predicted molar refractivity (Wildman–Crippen MR) is 69.7 cm³/mol. The Balaban J connectivity index is 2.60. The van der Waals surface area contributed by atoms with Gasteiger partial charge in [0.15, 0.2) is 5.56 Å². The summed E-state index contributed by atoms with van der Waals surface area (Å²) in [6.45, 7) is 1.97. The molecule has 2 rings (SSSR count). The zero-order chi connectivity index (χ0) is 14.0. The highest BCUT2D eigenvalue weighted by Gasteiger charge is 2.19. The molecule has 1 heterocycles. The molecule has 6 heteroatoms. The van der Waals surface area contributed by atoms with E-state index in [4.69, 9.17) is 9.84 Å². The molecule has 0 bridgehead atoms. The number of ether oxygens (including phenoxy) is 1. The monoisotopic (exact) mass is 262 g/mol. The minimum absolute atomic E-state index is 0.273. The average Bonchev–Trinajstić information content (AvgIpc) is 2.79. The van der Waals surface area contributed by atoms with E-state index in [0.29, 0.717) is 5.56 Å². The molecule has 0 unspecified atom stereocenters. The van der Waals surface area contributed by atoms with Gasteiger partial charge < -0.3 is 9.84 Å². The van der Waals surface area contributed by atoms with E-state index in [0.717, 1.165) is 17.7 Å². The summed E-state index contributed by atoms with van der Waals surface area (Å²) in [5.41, 5.74) is 0.922. The highest BCUT2D eigenvalue weighted by atomic mass is 16.5. The molecule has 0 saturated heterocycles. The molecule has 1 aromatic carbocycles. The van der Waals surface area contributed by atoms with Crippen molar-refractivity contribution in [1.29, 1.82) is 0 Å². The molecule has 0 saturated carbocycles. The standard InChI is InChI=1S/C13H14N2O4/c1-3-7-6-8(4-5-9(7)19-2)11-10(13(17)18)12(16)15-14-11/h4-6H,3H2,1-2H3,(H,17,18)(H2,14,15,16). The Morgan fingerprint density at radius 1 is 1.37 bits per heavy atom. The van der Waals surface area contributed by atoms with E-state index >= 15 is 0 Å². The maximum Gasteiger partial charge on any atom is 0.343 e. The largest absolute Gasteiger partial charge is 0.496 e. The number of methoxy groups -OCH3 is 1. The highest BCUT2D eigenvalue weighted by molar-refractivity contribution is 5.94. The smallest absolute Gasteiger partial charge is 0.343 e. The van der Waals surface area contributed by atoms with Crippen LogP contribution < -0.4 is 10.3 Å². The summed E-state index contributed by atoms with van der Waals surface area (Å²) in [6.07, 6.45) is 0.744. The maximum atomic E-state index is 11.4. The summed E-state index contributed by atoms with van der Waals surface area (Å²) in [7, 11) is 1.58. The van der Waals surface area contributed by atoms with Gasteiger partial charge in [-0.25, -0.2) is 4.79 Å². The third kappa shape index (κ3) is 2.24. The number of hydrogen-bond acceptors (Lipinski definition) is 3. The van der Waals surface area contributed by atoms with Crippen molar-refractivity contribution in [1.82, 2.24) is 10.2 Å². The Morgan fingerprint density at radius 2 is 2.11 bits per heavy atom. The molecular weight excluding hydrogens is 248 g/mol. The second-order valence-corrected chi connectivity index (χ2v) is 4.01. The fourth-order valence-corrected chi connectivity index (χ4v) is 1.99. The van der Waals surface area contributed by atoms with Crippen LogP contribution in [0.1, 0.15) is 22.8 Å². The van der Waals surface area contributed by atoms with Gasteiger partial charge in [-0.15, -0.1) is 0 Å². The van der Waals surface area contributed by atoms with Crippen LogP contribution in [-0.4, -0.2) is 28.4 Å². The summed E-state index contributed by atoms with van der Waals surface area (Å²) in [5.74, 6) is -0.521. The van der Waals surface area contributed by atoms with Crippen LogP contribution >= 0.6 is 0 Å². The van der Waals surface area contributed by atoms with Gasteiger partial charge in [0.25, 0.3) is 5.56 Å². The van der Waals surface area contributed by atoms with Crippen LogP contribution in [0.5, 0.6) is 5.75 Å². The molecule has 0 radical (unpaired) electrons. The first-order valence-corrected chi connectivity index (χ1v) is 5.79. The first kappa shape index (κ1) is 12.9. The number of H-pyrrole nitrogens is 2. The first-order chi connectivity index (χ1) is 9.08. The molecule has 2 aromatic rings. The lowest BCUT2D eigenvalue weighted by molar-refractivity contribution is 0.0696. The molecule has 0 aliphatic rings. The van der Waals surface area contributed by atoms with Crippen LogP contribution in [0.4, 0.5) is 0 Å². The Morgan fingerprint density at radius 3 is 2.68 bits per heavy atom. The van der Waals surface area contributed by atoms with Crippen LogP contribution in [0.15, 0.2) is 23.0 Å². The second-order valence-electron chi connectivity index (χ2n) is 4.01. The van der Waals surface area contributed by atoms with Gasteiger partial charge in [-0.05, 0) is 30.2 Å². The number of aromatic carboxylic acids is 1. The summed E-state index contributed by atoms with van der Waals surface area (Å²) in [6, 6.07) is 5.28. The van der Waals surface area contributed by atoms with Gasteiger partial charge >= 0.3 is 5.97 Å². The van der Waals surface area contributed by atoms with Crippen molar-refractivity contribution in [2.75, 3.05) is 7.11 Å². The quantitative estimate of drug-likeness (QED) is 0.780. The van der Waals surface area contributed by atoms with Crippen molar-refractivity contribution in [3.8, 4) is 17.0 Å². The van der Waals surface area contributed by atoms with E-state index in [1.807, 2.05) is 13.0 Å². The number of carboxylic acid groups (broad SMARTS) is 1. The minimum Gasteiger partial charge on any atom is -0.496 e. The lowest BCUT2D eigenvalue weighted by Gasteiger charge is -2.08. The van der Waals surface area contributed by atoms with Crippen LogP contribution in [-0.2, 0) is 6.42 Å². The van der Waals surface area contributed by atoms with E-state index in [2.05, 4.69) is 10.2 Å². The number of nitrogens with one attached hydrogen (secondary N) is 2. The maximum absolute atomic E-state index is 11.4. The highest BCUT2D eigenvalue weighted by Crippen LogP contribution is 2.26. The second kappa shape index (κ2) is 5.01. The van der Waals surface area contributed by atoms with E-state index in [9.17, 15) is 9.59 Å². The SMILES string of the molecule is CCc1cc(-c2[nH][nH]c(=O)c2C(=O)O)ccc1OC. The molecular formula is C13H14N2O4. The Bertz CT molecular complexity index is 670. The molecule has 19 heavy (non-hydrogen) atoms. The third-order valence-electron chi connectivity index (χ3n) is 2.94. The van der Waals surface area contributed by atoms with Crippen molar-refractivity contribution in [2.24, 2.45) is 0 Å². The third-order valence-corrected chi connectivity index (χ3v) is 2.94. The summed E-state index contributed by atoms with van der Waals surface area (Å²) < 4.78 is 5.21. The number of aryl methyl sites for hydroxylation is 1. The van der Waals surface area contributed by atoms with Crippen molar-refractivity contribution in [3.05, 3.63) is 39.7 Å². The molecule has 0 amide bonds. The zero-order valence-corrected chi connectivity index (χ0v) is 10.6. The molecule has 0 atom stereocenters. The Kier molecular flexibility index (Phi) is 3.41. The number of carbonyl (C=O) groups is 1. The van der Waals surface area contributed by atoms with Crippen LogP contribution in [0.3, 0.4) is 0 Å². The van der Waals surface area contributed by atoms with Crippen molar-refractivity contribution in [2.45, 2.75) is 13.3 Å². The normalized spacial score (nSPS) is 10.4. The lowest BCUT2D eigenvalue weighted by Crippen LogP contribution is -2.12. The number of aromatic amines is 2. The zero-order valence-electron chi connectivity index (χ0n) is 10.6. The number of benzene rings is 1. The predicted octanol–water partition coefficient (Wildman–Crippen LogP) is 1.64. The fourth-order valence-electron chi connectivity index (χ4n) is 1.99. The molecule has 0 aliphatic carbocycles. The van der Waals surface area contributed by atoms with Crippen LogP contribution in [0.25, 0.3) is 11.3 Å². The summed E-state index contributed by atoms with van der Waals surface area (Å²) in [5, 5.41) is 14.0. The van der Waals surface area contributed by atoms with E-state index < -0.39 is 11.5 Å². The topological polar surface area (TPSA) is 95.2 Å². The molecule has 0 spiro atoms. The van der Waals surface area contributed by atoms with Crippen molar-refractivity contribution in [3.63, 3.8) is 0 Å². The minimum atomic E-state index is -1.26. The Labute approximate surface area is 109 Å². The average molecular weight is 262 g/mol. The summed E-state index contributed by atoms with van der Waals surface area (Å²) >= 11 is 0. The van der Waals surface area contributed by atoms with Gasteiger partial charge in [-0.2, -0.15) is 0 Å². The molecule has 0 aliphatic heterocycles. The number of carboxylic acids is 1. The van der Waals surface area contributed by atoms with E-state index in [1.54, 1.807) is 19.2 Å². The summed E-state index contributed by atoms with van der Waals surface area (Å²) in [4.78, 5) is 22.5. The van der Waals surface area contributed by atoms with Gasteiger partial charge in [-0.3, -0.25) is 15.0 Å². The molecule has 3 N–H and O–H groups in total. The van der Waals surface area contributed by atoms with Crippen molar-refractivity contribution >= 4 is 5.97 Å². The first-order valence-electron chi connectivity index (χ1n) is 5.79. The molecule has 100 valence electrons. The number of hydrogen-bond donors (Lipinski definition) is 3. The van der Waals surface area contributed by atoms with Gasteiger partial charge in [0, 0.05) is 5.56 Å². The fraction of sp³-hybridized carbons (Fsp3) is 0.231. The van der Waals surface area contributed by atoms with Gasteiger partial charge in [0.2, 0.25) is 0 Å². The van der Waals surface area contributed by atoms with E-state index in [1.165, 1.54) is 0 Å². The van der Waals surface area contributed by atoms with Crippen molar-refractivity contribution < 1.29 is 14.6 Å². The molecule has 1 aromatic heterocycles. The number of aromatic nitrogens is 2. The lowest BCUT2D eigenvalue weighted by atomic mass is 10.0. The van der Waals surface area contributed by atoms with Crippen LogP contribution in [0.2, 0.25) is 0 Å². The van der Waals surface area contributed by atoms with Gasteiger partial charge in [0.05, 0.1) is 12.8 Å². The molecule has 6 nitrogen and oxygen atoms in total.